The van der Waals surface area contributed by atoms with Crippen LogP contribution in [0.25, 0.3) is 0 Å². The summed E-state index contributed by atoms with van der Waals surface area (Å²) in [5.41, 5.74) is 2.55. The normalized spacial score (nSPS) is 24.5. The van der Waals surface area contributed by atoms with E-state index in [1.54, 1.807) is 0 Å². The maximum atomic E-state index is 6.16. The molecule has 0 radical (unpaired) electrons. The highest BCUT2D eigenvalue weighted by molar-refractivity contribution is 5.13. The van der Waals surface area contributed by atoms with E-state index in [2.05, 4.69) is 37.8 Å². The van der Waals surface area contributed by atoms with Gasteiger partial charge in [-0.25, -0.2) is 0 Å². The molecule has 98 valence electrons. The molecule has 0 aromatic heterocycles. The molecule has 0 N–H and O–H groups in total. The third kappa shape index (κ3) is 3.71. The highest BCUT2D eigenvalue weighted by Gasteiger charge is 2.24. The molecule has 2 rings (SSSR count). The molecule has 1 aromatic carbocycles. The third-order valence-corrected chi connectivity index (χ3v) is 3.89. The smallest absolute Gasteiger partial charge is 0.0720 e. The molecule has 0 heterocycles. The zero-order valence-corrected chi connectivity index (χ0v) is 11.4. The quantitative estimate of drug-likeness (QED) is 0.549. The first-order chi connectivity index (χ1) is 8.77. The molecule has 0 aliphatic heterocycles. The van der Waals surface area contributed by atoms with Crippen molar-refractivity contribution < 1.29 is 4.74 Å². The number of hydrogen-bond acceptors (Lipinski definition) is 1. The van der Waals surface area contributed by atoms with Gasteiger partial charge in [0.15, 0.2) is 0 Å². The summed E-state index contributed by atoms with van der Waals surface area (Å²) in [7, 11) is 0. The number of ether oxygens (including phenoxy) is 1. The van der Waals surface area contributed by atoms with E-state index in [4.69, 9.17) is 4.74 Å². The summed E-state index contributed by atoms with van der Waals surface area (Å²) in [6, 6.07) is 10.5. The minimum atomic E-state index is 0.366. The van der Waals surface area contributed by atoms with E-state index < -0.39 is 0 Å². The molecule has 1 saturated carbocycles. The lowest BCUT2D eigenvalue weighted by atomic mass is 9.91. The van der Waals surface area contributed by atoms with E-state index in [1.807, 2.05) is 6.07 Å². The first kappa shape index (κ1) is 13.4. The van der Waals surface area contributed by atoms with Gasteiger partial charge in [-0.2, -0.15) is 0 Å². The van der Waals surface area contributed by atoms with Crippen LogP contribution >= 0.6 is 0 Å². The van der Waals surface area contributed by atoms with Gasteiger partial charge in [-0.15, -0.1) is 0 Å². The van der Waals surface area contributed by atoms with E-state index in [0.717, 1.165) is 6.61 Å². The molecule has 0 spiro atoms. The van der Waals surface area contributed by atoms with Gasteiger partial charge in [0.25, 0.3) is 0 Å². The number of hydrogen-bond donors (Lipinski definition) is 0. The van der Waals surface area contributed by atoms with Crippen LogP contribution in [0.4, 0.5) is 0 Å². The van der Waals surface area contributed by atoms with Gasteiger partial charge in [-0.1, -0.05) is 61.7 Å². The SMILES string of the molecule is C=C(C)[C@@H]1CCCCC[C@H]1OCc1ccccc1. The van der Waals surface area contributed by atoms with Crippen molar-refractivity contribution in [2.45, 2.75) is 51.7 Å². The van der Waals surface area contributed by atoms with Gasteiger partial charge in [0, 0.05) is 5.92 Å². The van der Waals surface area contributed by atoms with E-state index in [9.17, 15) is 0 Å². The number of benzene rings is 1. The van der Waals surface area contributed by atoms with Crippen molar-refractivity contribution in [2.75, 3.05) is 0 Å². The second kappa shape index (κ2) is 6.75. The van der Waals surface area contributed by atoms with Gasteiger partial charge in [0.1, 0.15) is 0 Å². The first-order valence-electron chi connectivity index (χ1n) is 7.08. The zero-order valence-electron chi connectivity index (χ0n) is 11.4. The fourth-order valence-electron chi connectivity index (χ4n) is 2.81. The maximum absolute atomic E-state index is 6.16. The highest BCUT2D eigenvalue weighted by atomic mass is 16.5. The molecule has 0 saturated heterocycles. The van der Waals surface area contributed by atoms with Gasteiger partial charge in [0.05, 0.1) is 12.7 Å². The molecule has 18 heavy (non-hydrogen) atoms. The average molecular weight is 244 g/mol. The van der Waals surface area contributed by atoms with Crippen molar-refractivity contribution in [2.24, 2.45) is 5.92 Å². The van der Waals surface area contributed by atoms with Crippen LogP contribution in [0.15, 0.2) is 42.5 Å². The minimum Gasteiger partial charge on any atom is -0.373 e. The lowest BCUT2D eigenvalue weighted by Crippen LogP contribution is -2.23. The lowest BCUT2D eigenvalue weighted by Gasteiger charge is -2.25. The van der Waals surface area contributed by atoms with Crippen LogP contribution in [0.3, 0.4) is 0 Å². The van der Waals surface area contributed by atoms with Crippen molar-refractivity contribution in [3.8, 4) is 0 Å². The predicted molar refractivity (Wildman–Crippen MR) is 76.4 cm³/mol. The molecular formula is C17H24O. The van der Waals surface area contributed by atoms with Crippen molar-refractivity contribution >= 4 is 0 Å². The summed E-state index contributed by atoms with van der Waals surface area (Å²) >= 11 is 0. The standard InChI is InChI=1S/C17H24O/c1-14(2)16-11-7-4-8-12-17(16)18-13-15-9-5-3-6-10-15/h3,5-6,9-10,16-17H,1,4,7-8,11-13H2,2H3/t16-,17+/m0/s1. The molecular weight excluding hydrogens is 220 g/mol. The van der Waals surface area contributed by atoms with Gasteiger partial charge in [-0.05, 0) is 25.3 Å². The van der Waals surface area contributed by atoms with Gasteiger partial charge in [0.2, 0.25) is 0 Å². The fraction of sp³-hybridized carbons (Fsp3) is 0.529. The fourth-order valence-corrected chi connectivity index (χ4v) is 2.81. The van der Waals surface area contributed by atoms with Gasteiger partial charge < -0.3 is 4.74 Å². The van der Waals surface area contributed by atoms with Crippen molar-refractivity contribution in [3.05, 3.63) is 48.0 Å². The van der Waals surface area contributed by atoms with Crippen molar-refractivity contribution in [1.29, 1.82) is 0 Å². The predicted octanol–water partition coefficient (Wildman–Crippen LogP) is 4.73. The summed E-state index contributed by atoms with van der Waals surface area (Å²) in [5, 5.41) is 0. The van der Waals surface area contributed by atoms with Crippen LogP contribution in [-0.2, 0) is 11.3 Å². The Morgan fingerprint density at radius 2 is 1.89 bits per heavy atom. The largest absolute Gasteiger partial charge is 0.373 e. The third-order valence-electron chi connectivity index (χ3n) is 3.89. The Morgan fingerprint density at radius 1 is 1.17 bits per heavy atom. The Morgan fingerprint density at radius 3 is 2.61 bits per heavy atom. The Hall–Kier alpha value is -1.08. The molecule has 2 atom stereocenters. The van der Waals surface area contributed by atoms with Crippen LogP contribution < -0.4 is 0 Å². The summed E-state index contributed by atoms with van der Waals surface area (Å²) in [5.74, 6) is 0.552. The van der Waals surface area contributed by atoms with Crippen LogP contribution in [0.5, 0.6) is 0 Å². The van der Waals surface area contributed by atoms with Crippen molar-refractivity contribution in [3.63, 3.8) is 0 Å². The Balaban J connectivity index is 1.94. The Bertz CT molecular complexity index is 368. The zero-order chi connectivity index (χ0) is 12.8. The van der Waals surface area contributed by atoms with Gasteiger partial charge in [-0.3, -0.25) is 0 Å². The summed E-state index contributed by atoms with van der Waals surface area (Å²) < 4.78 is 6.16. The van der Waals surface area contributed by atoms with E-state index >= 15 is 0 Å². The minimum absolute atomic E-state index is 0.366. The van der Waals surface area contributed by atoms with Crippen LogP contribution in [0, 0.1) is 5.92 Å². The van der Waals surface area contributed by atoms with Crippen LogP contribution in [0.1, 0.15) is 44.6 Å². The van der Waals surface area contributed by atoms with Crippen LogP contribution in [0.2, 0.25) is 0 Å². The molecule has 1 aliphatic carbocycles. The Labute approximate surface area is 111 Å². The maximum Gasteiger partial charge on any atom is 0.0720 e. The summed E-state index contributed by atoms with van der Waals surface area (Å²) in [4.78, 5) is 0. The lowest BCUT2D eigenvalue weighted by molar-refractivity contribution is 0.00679. The number of rotatable bonds is 4. The first-order valence-corrected chi connectivity index (χ1v) is 7.08. The highest BCUT2D eigenvalue weighted by Crippen LogP contribution is 2.30. The molecule has 0 unspecified atom stereocenters. The Kier molecular flexibility index (Phi) is 5.00. The molecule has 1 aliphatic rings. The second-order valence-corrected chi connectivity index (χ2v) is 5.43. The van der Waals surface area contributed by atoms with Crippen molar-refractivity contribution in [1.82, 2.24) is 0 Å². The topological polar surface area (TPSA) is 9.23 Å². The van der Waals surface area contributed by atoms with Gasteiger partial charge >= 0.3 is 0 Å². The molecule has 1 nitrogen and oxygen atoms in total. The monoisotopic (exact) mass is 244 g/mol. The van der Waals surface area contributed by atoms with E-state index in [-0.39, 0.29) is 0 Å². The molecule has 1 aromatic rings. The molecule has 0 amide bonds. The summed E-state index contributed by atoms with van der Waals surface area (Å²) in [6.45, 7) is 7.02. The molecule has 1 fully saturated rings. The van der Waals surface area contributed by atoms with Crippen LogP contribution in [-0.4, -0.2) is 6.10 Å². The summed E-state index contributed by atoms with van der Waals surface area (Å²) in [6.07, 6.45) is 6.75. The average Bonchev–Trinajstić information content (AvgIpc) is 2.63. The van der Waals surface area contributed by atoms with E-state index in [0.29, 0.717) is 12.0 Å². The van der Waals surface area contributed by atoms with E-state index in [1.165, 1.54) is 43.2 Å². The second-order valence-electron chi connectivity index (χ2n) is 5.43. The molecule has 1 heteroatoms. The molecule has 0 bridgehead atoms.